The maximum absolute atomic E-state index is 12.2. The number of fused-ring (bicyclic) bond motifs is 1. The first-order chi connectivity index (χ1) is 9.94. The van der Waals surface area contributed by atoms with Crippen molar-refractivity contribution < 1.29 is 9.53 Å². The number of amides is 1. The van der Waals surface area contributed by atoms with Crippen molar-refractivity contribution in [1.82, 2.24) is 14.8 Å². The van der Waals surface area contributed by atoms with Crippen molar-refractivity contribution >= 4 is 11.9 Å². The average Bonchev–Trinajstić information content (AvgIpc) is 2.96. The van der Waals surface area contributed by atoms with E-state index in [0.717, 1.165) is 17.2 Å². The lowest BCUT2D eigenvalue weighted by atomic mass is 10.2. The smallest absolute Gasteiger partial charge is 0.416 e. The van der Waals surface area contributed by atoms with Crippen molar-refractivity contribution in [3.63, 3.8) is 0 Å². The average molecular weight is 286 g/mol. The van der Waals surface area contributed by atoms with Gasteiger partial charge in [-0.2, -0.15) is 5.10 Å². The highest BCUT2D eigenvalue weighted by Gasteiger charge is 2.30. The minimum absolute atomic E-state index is 0.339. The monoisotopic (exact) mass is 286 g/mol. The number of aromatic nitrogens is 3. The Morgan fingerprint density at radius 2 is 2.05 bits per heavy atom. The van der Waals surface area contributed by atoms with Gasteiger partial charge in [0.25, 0.3) is 0 Å². The highest BCUT2D eigenvalue weighted by Crippen LogP contribution is 2.28. The van der Waals surface area contributed by atoms with Gasteiger partial charge in [-0.1, -0.05) is 6.07 Å². The second-order valence-electron chi connectivity index (χ2n) is 5.96. The van der Waals surface area contributed by atoms with Crippen molar-refractivity contribution in [2.75, 3.05) is 11.4 Å². The van der Waals surface area contributed by atoms with Gasteiger partial charge in [0.05, 0.1) is 18.8 Å². The molecule has 0 fully saturated rings. The molecule has 0 saturated heterocycles. The third kappa shape index (κ3) is 2.74. The summed E-state index contributed by atoms with van der Waals surface area (Å²) in [7, 11) is 0. The molecule has 0 N–H and O–H groups in total. The van der Waals surface area contributed by atoms with Crippen LogP contribution in [0.25, 0.3) is 11.4 Å². The molecule has 1 amide bonds. The molecule has 3 heterocycles. The summed E-state index contributed by atoms with van der Waals surface area (Å²) >= 11 is 0. The number of anilines is 1. The number of carbonyl (C=O) groups excluding carboxylic acids is 1. The predicted molar refractivity (Wildman–Crippen MR) is 79.0 cm³/mol. The molecule has 21 heavy (non-hydrogen) atoms. The van der Waals surface area contributed by atoms with Gasteiger partial charge in [-0.3, -0.25) is 9.88 Å². The Kier molecular flexibility index (Phi) is 3.16. The Balaban J connectivity index is 1.86. The first-order valence-corrected chi connectivity index (χ1v) is 6.94. The zero-order valence-electron chi connectivity index (χ0n) is 12.4. The molecule has 2 aromatic heterocycles. The van der Waals surface area contributed by atoms with Crippen LogP contribution in [0.1, 0.15) is 20.8 Å². The summed E-state index contributed by atoms with van der Waals surface area (Å²) in [5.74, 6) is 0.755. The summed E-state index contributed by atoms with van der Waals surface area (Å²) in [6, 6.07) is 7.55. The van der Waals surface area contributed by atoms with Gasteiger partial charge in [0.1, 0.15) is 17.1 Å². The molecule has 110 valence electrons. The van der Waals surface area contributed by atoms with Crippen molar-refractivity contribution in [3.8, 4) is 11.4 Å². The fraction of sp³-hybridized carbons (Fsp3) is 0.400. The molecule has 0 spiro atoms. The Bertz CT molecular complexity index is 658. The molecule has 6 nitrogen and oxygen atoms in total. The van der Waals surface area contributed by atoms with Gasteiger partial charge in [-0.05, 0) is 32.9 Å². The summed E-state index contributed by atoms with van der Waals surface area (Å²) in [4.78, 5) is 18.1. The van der Waals surface area contributed by atoms with Gasteiger partial charge in [0.2, 0.25) is 0 Å². The van der Waals surface area contributed by atoms with Crippen LogP contribution in [0.5, 0.6) is 0 Å². The molecule has 0 atom stereocenters. The Morgan fingerprint density at radius 1 is 1.24 bits per heavy atom. The highest BCUT2D eigenvalue weighted by atomic mass is 16.6. The van der Waals surface area contributed by atoms with Crippen LogP contribution >= 0.6 is 0 Å². The topological polar surface area (TPSA) is 60.2 Å². The van der Waals surface area contributed by atoms with Crippen LogP contribution in [0.2, 0.25) is 0 Å². The lowest BCUT2D eigenvalue weighted by molar-refractivity contribution is 0.0584. The highest BCUT2D eigenvalue weighted by molar-refractivity contribution is 5.88. The van der Waals surface area contributed by atoms with Gasteiger partial charge in [0.15, 0.2) is 0 Å². The molecular weight excluding hydrogens is 268 g/mol. The van der Waals surface area contributed by atoms with E-state index in [1.165, 1.54) is 0 Å². The molecule has 0 aliphatic carbocycles. The summed E-state index contributed by atoms with van der Waals surface area (Å²) < 4.78 is 7.24. The van der Waals surface area contributed by atoms with E-state index in [1.807, 2.05) is 49.7 Å². The first-order valence-electron chi connectivity index (χ1n) is 6.94. The van der Waals surface area contributed by atoms with E-state index in [2.05, 4.69) is 10.1 Å². The Labute approximate surface area is 123 Å². The van der Waals surface area contributed by atoms with Gasteiger partial charge in [0, 0.05) is 12.3 Å². The van der Waals surface area contributed by atoms with E-state index in [0.29, 0.717) is 13.1 Å². The molecule has 0 aromatic carbocycles. The number of rotatable bonds is 1. The maximum Gasteiger partial charge on any atom is 0.416 e. The van der Waals surface area contributed by atoms with E-state index in [9.17, 15) is 4.79 Å². The standard InChI is InChI=1S/C15H18N4O2/c1-15(2,3)21-14(20)18-8-9-19-13(18)10-12(17-19)11-6-4-5-7-16-11/h4-7,10H,8-9H2,1-3H3. The molecular formula is C15H18N4O2. The molecule has 6 heteroatoms. The van der Waals surface area contributed by atoms with Gasteiger partial charge >= 0.3 is 6.09 Å². The van der Waals surface area contributed by atoms with Gasteiger partial charge < -0.3 is 4.74 Å². The van der Waals surface area contributed by atoms with Crippen molar-refractivity contribution in [3.05, 3.63) is 30.5 Å². The van der Waals surface area contributed by atoms with Crippen LogP contribution in [0.4, 0.5) is 10.6 Å². The Hall–Kier alpha value is -2.37. The van der Waals surface area contributed by atoms with Crippen molar-refractivity contribution in [2.45, 2.75) is 32.9 Å². The normalized spacial score (nSPS) is 14.1. The lowest BCUT2D eigenvalue weighted by Crippen LogP contribution is -2.35. The molecule has 0 radical (unpaired) electrons. The third-order valence-corrected chi connectivity index (χ3v) is 3.11. The molecule has 0 unspecified atom stereocenters. The predicted octanol–water partition coefficient (Wildman–Crippen LogP) is 2.70. The molecule has 3 rings (SSSR count). The van der Waals surface area contributed by atoms with Gasteiger partial charge in [-0.25, -0.2) is 9.48 Å². The van der Waals surface area contributed by atoms with Crippen molar-refractivity contribution in [1.29, 1.82) is 0 Å². The van der Waals surface area contributed by atoms with E-state index in [4.69, 9.17) is 4.74 Å². The quantitative estimate of drug-likeness (QED) is 0.808. The molecule has 0 saturated carbocycles. The van der Waals surface area contributed by atoms with Crippen LogP contribution in [-0.4, -0.2) is 33.0 Å². The zero-order valence-corrected chi connectivity index (χ0v) is 12.4. The summed E-state index contributed by atoms with van der Waals surface area (Å²) in [6.45, 7) is 6.83. The van der Waals surface area contributed by atoms with Crippen LogP contribution in [0.3, 0.4) is 0 Å². The van der Waals surface area contributed by atoms with E-state index in [1.54, 1.807) is 11.1 Å². The van der Waals surface area contributed by atoms with Crippen LogP contribution in [-0.2, 0) is 11.3 Å². The fourth-order valence-electron chi connectivity index (χ4n) is 2.24. The summed E-state index contributed by atoms with van der Waals surface area (Å²) in [6.07, 6.45) is 1.39. The molecule has 1 aliphatic rings. The minimum Gasteiger partial charge on any atom is -0.443 e. The minimum atomic E-state index is -0.506. The second-order valence-corrected chi connectivity index (χ2v) is 5.96. The largest absolute Gasteiger partial charge is 0.443 e. The van der Waals surface area contributed by atoms with Crippen LogP contribution < -0.4 is 4.90 Å². The van der Waals surface area contributed by atoms with Gasteiger partial charge in [-0.15, -0.1) is 0 Å². The van der Waals surface area contributed by atoms with Crippen LogP contribution in [0.15, 0.2) is 30.5 Å². The van der Waals surface area contributed by atoms with E-state index < -0.39 is 5.60 Å². The van der Waals surface area contributed by atoms with Crippen molar-refractivity contribution in [2.24, 2.45) is 0 Å². The molecule has 2 aromatic rings. The first kappa shape index (κ1) is 13.6. The molecule has 0 bridgehead atoms. The number of hydrogen-bond acceptors (Lipinski definition) is 4. The summed E-state index contributed by atoms with van der Waals surface area (Å²) in [5.41, 5.74) is 1.05. The lowest BCUT2D eigenvalue weighted by Gasteiger charge is -2.23. The number of pyridine rings is 1. The number of hydrogen-bond donors (Lipinski definition) is 0. The SMILES string of the molecule is CC(C)(C)OC(=O)N1CCn2nc(-c3ccccn3)cc21. The van der Waals surface area contributed by atoms with E-state index >= 15 is 0 Å². The van der Waals surface area contributed by atoms with Crippen LogP contribution in [0, 0.1) is 0 Å². The second kappa shape index (κ2) is 4.87. The third-order valence-electron chi connectivity index (χ3n) is 3.11. The summed E-state index contributed by atoms with van der Waals surface area (Å²) in [5, 5.41) is 4.49. The number of nitrogens with zero attached hydrogens (tertiary/aromatic N) is 4. The van der Waals surface area contributed by atoms with E-state index in [-0.39, 0.29) is 6.09 Å². The molecule has 1 aliphatic heterocycles. The Morgan fingerprint density at radius 3 is 2.71 bits per heavy atom. The zero-order chi connectivity index (χ0) is 15.0. The fourth-order valence-corrected chi connectivity index (χ4v) is 2.24. The number of ether oxygens (including phenoxy) is 1. The number of carbonyl (C=O) groups is 1. The maximum atomic E-state index is 12.2.